The van der Waals surface area contributed by atoms with E-state index < -0.39 is 0 Å². The summed E-state index contributed by atoms with van der Waals surface area (Å²) in [6.45, 7) is 9.61. The summed E-state index contributed by atoms with van der Waals surface area (Å²) in [6, 6.07) is 8.94. The average Bonchev–Trinajstić information content (AvgIpc) is 2.84. The lowest BCUT2D eigenvalue weighted by molar-refractivity contribution is 0.234. The number of likely N-dealkylation sites (tertiary alicyclic amines) is 1. The van der Waals surface area contributed by atoms with Crippen molar-refractivity contribution in [2.45, 2.75) is 32.7 Å². The summed E-state index contributed by atoms with van der Waals surface area (Å²) >= 11 is 0. The first kappa shape index (κ1) is 14.4. The molecule has 0 aliphatic carbocycles. The molecular weight excluding hydrogens is 236 g/mol. The number of ether oxygens (including phenoxy) is 1. The maximum absolute atomic E-state index is 5.80. The molecule has 1 aliphatic heterocycles. The van der Waals surface area contributed by atoms with Crippen LogP contribution in [0.1, 0.15) is 25.3 Å². The highest BCUT2D eigenvalue weighted by atomic mass is 16.5. The summed E-state index contributed by atoms with van der Waals surface area (Å²) in [5, 5.41) is 3.59. The SMILES string of the molecule is CCCNC1CCN(CCOc2cccc(C)c2)C1. The Balaban J connectivity index is 1.64. The molecule has 3 nitrogen and oxygen atoms in total. The van der Waals surface area contributed by atoms with Crippen LogP contribution in [-0.4, -0.2) is 43.7 Å². The highest BCUT2D eigenvalue weighted by Gasteiger charge is 2.21. The van der Waals surface area contributed by atoms with Gasteiger partial charge in [-0.25, -0.2) is 0 Å². The zero-order valence-electron chi connectivity index (χ0n) is 12.2. The second-order valence-corrected chi connectivity index (χ2v) is 5.41. The molecule has 1 aromatic rings. The molecule has 0 bridgehead atoms. The van der Waals surface area contributed by atoms with Gasteiger partial charge in [-0.2, -0.15) is 0 Å². The average molecular weight is 262 g/mol. The van der Waals surface area contributed by atoms with Gasteiger partial charge in [-0.15, -0.1) is 0 Å². The Kier molecular flexibility index (Phi) is 5.67. The Morgan fingerprint density at radius 3 is 3.11 bits per heavy atom. The van der Waals surface area contributed by atoms with Crippen molar-refractivity contribution in [2.24, 2.45) is 0 Å². The summed E-state index contributed by atoms with van der Waals surface area (Å²) in [4.78, 5) is 2.49. The van der Waals surface area contributed by atoms with Crippen LogP contribution in [0.15, 0.2) is 24.3 Å². The molecule has 0 spiro atoms. The van der Waals surface area contributed by atoms with Crippen molar-refractivity contribution in [3.05, 3.63) is 29.8 Å². The zero-order valence-corrected chi connectivity index (χ0v) is 12.2. The first-order chi connectivity index (χ1) is 9.28. The number of nitrogens with one attached hydrogen (secondary N) is 1. The Bertz CT molecular complexity index is 381. The van der Waals surface area contributed by atoms with Gasteiger partial charge < -0.3 is 10.1 Å². The Labute approximate surface area is 116 Å². The van der Waals surface area contributed by atoms with E-state index in [0.717, 1.165) is 32.0 Å². The van der Waals surface area contributed by atoms with E-state index in [1.54, 1.807) is 0 Å². The fourth-order valence-electron chi connectivity index (χ4n) is 2.55. The number of hydrogen-bond acceptors (Lipinski definition) is 3. The minimum Gasteiger partial charge on any atom is -0.492 e. The van der Waals surface area contributed by atoms with E-state index in [0.29, 0.717) is 6.04 Å². The van der Waals surface area contributed by atoms with Gasteiger partial charge in [-0.1, -0.05) is 19.1 Å². The van der Waals surface area contributed by atoms with Crippen LogP contribution < -0.4 is 10.1 Å². The van der Waals surface area contributed by atoms with Gasteiger partial charge in [-0.3, -0.25) is 4.90 Å². The second kappa shape index (κ2) is 7.51. The number of nitrogens with zero attached hydrogens (tertiary/aromatic N) is 1. The Hall–Kier alpha value is -1.06. The molecule has 106 valence electrons. The summed E-state index contributed by atoms with van der Waals surface area (Å²) in [5.74, 6) is 0.986. The van der Waals surface area contributed by atoms with Crippen LogP contribution in [0.2, 0.25) is 0 Å². The van der Waals surface area contributed by atoms with E-state index in [9.17, 15) is 0 Å². The van der Waals surface area contributed by atoms with Gasteiger partial charge in [0, 0.05) is 19.1 Å². The fraction of sp³-hybridized carbons (Fsp3) is 0.625. The Morgan fingerprint density at radius 2 is 2.32 bits per heavy atom. The van der Waals surface area contributed by atoms with Crippen molar-refractivity contribution in [1.29, 1.82) is 0 Å². The molecule has 19 heavy (non-hydrogen) atoms. The van der Waals surface area contributed by atoms with Crippen LogP contribution in [0.5, 0.6) is 5.75 Å². The molecule has 1 heterocycles. The molecule has 3 heteroatoms. The van der Waals surface area contributed by atoms with Crippen molar-refractivity contribution in [2.75, 3.05) is 32.8 Å². The van der Waals surface area contributed by atoms with Gasteiger partial charge in [0.2, 0.25) is 0 Å². The van der Waals surface area contributed by atoms with Crippen LogP contribution in [0, 0.1) is 6.92 Å². The zero-order chi connectivity index (χ0) is 13.5. The molecule has 0 amide bonds. The van der Waals surface area contributed by atoms with Crippen LogP contribution in [0.3, 0.4) is 0 Å². The van der Waals surface area contributed by atoms with Crippen molar-refractivity contribution >= 4 is 0 Å². The fourth-order valence-corrected chi connectivity index (χ4v) is 2.55. The lowest BCUT2D eigenvalue weighted by Crippen LogP contribution is -2.34. The smallest absolute Gasteiger partial charge is 0.119 e. The Morgan fingerprint density at radius 1 is 1.42 bits per heavy atom. The first-order valence-electron chi connectivity index (χ1n) is 7.43. The van der Waals surface area contributed by atoms with Gasteiger partial charge in [0.15, 0.2) is 0 Å². The van der Waals surface area contributed by atoms with Gasteiger partial charge in [0.25, 0.3) is 0 Å². The number of hydrogen-bond donors (Lipinski definition) is 1. The highest BCUT2D eigenvalue weighted by Crippen LogP contribution is 2.13. The molecule has 0 aromatic heterocycles. The molecule has 1 atom stereocenters. The predicted molar refractivity (Wildman–Crippen MR) is 79.8 cm³/mol. The largest absolute Gasteiger partial charge is 0.492 e. The quantitative estimate of drug-likeness (QED) is 0.817. The normalized spacial score (nSPS) is 19.8. The van der Waals surface area contributed by atoms with Crippen molar-refractivity contribution in [1.82, 2.24) is 10.2 Å². The van der Waals surface area contributed by atoms with E-state index in [-0.39, 0.29) is 0 Å². The maximum Gasteiger partial charge on any atom is 0.119 e. The van der Waals surface area contributed by atoms with Crippen LogP contribution >= 0.6 is 0 Å². The van der Waals surface area contributed by atoms with Gasteiger partial charge in [0.1, 0.15) is 12.4 Å². The summed E-state index contributed by atoms with van der Waals surface area (Å²) < 4.78 is 5.80. The molecule has 0 radical (unpaired) electrons. The van der Waals surface area contributed by atoms with E-state index in [1.165, 1.54) is 24.9 Å². The van der Waals surface area contributed by atoms with Crippen molar-refractivity contribution in [3.8, 4) is 5.75 Å². The van der Waals surface area contributed by atoms with Crippen LogP contribution in [0.25, 0.3) is 0 Å². The summed E-state index contributed by atoms with van der Waals surface area (Å²) in [5.41, 5.74) is 1.25. The molecule has 1 fully saturated rings. The number of aryl methyl sites for hydroxylation is 1. The van der Waals surface area contributed by atoms with E-state index in [1.807, 2.05) is 12.1 Å². The van der Waals surface area contributed by atoms with Crippen molar-refractivity contribution < 1.29 is 4.74 Å². The topological polar surface area (TPSA) is 24.5 Å². The summed E-state index contributed by atoms with van der Waals surface area (Å²) in [6.07, 6.45) is 2.48. The third kappa shape index (κ3) is 4.84. The van der Waals surface area contributed by atoms with Gasteiger partial charge in [-0.05, 0) is 50.6 Å². The van der Waals surface area contributed by atoms with E-state index >= 15 is 0 Å². The monoisotopic (exact) mass is 262 g/mol. The standard InChI is InChI=1S/C16H26N2O/c1-3-8-17-15-7-9-18(13-15)10-11-19-16-6-4-5-14(2)12-16/h4-6,12,15,17H,3,7-11,13H2,1-2H3. The maximum atomic E-state index is 5.80. The van der Waals surface area contributed by atoms with Crippen molar-refractivity contribution in [3.63, 3.8) is 0 Å². The van der Waals surface area contributed by atoms with Gasteiger partial charge >= 0.3 is 0 Å². The third-order valence-electron chi connectivity index (χ3n) is 3.62. The molecule has 2 rings (SSSR count). The molecule has 1 aliphatic rings. The predicted octanol–water partition coefficient (Wildman–Crippen LogP) is 2.45. The molecule has 1 unspecified atom stereocenters. The number of benzene rings is 1. The first-order valence-corrected chi connectivity index (χ1v) is 7.43. The minimum absolute atomic E-state index is 0.680. The van der Waals surface area contributed by atoms with Gasteiger partial charge in [0.05, 0.1) is 0 Å². The highest BCUT2D eigenvalue weighted by molar-refractivity contribution is 5.27. The summed E-state index contributed by atoms with van der Waals surface area (Å²) in [7, 11) is 0. The minimum atomic E-state index is 0.680. The molecular formula is C16H26N2O. The molecule has 0 saturated carbocycles. The molecule has 1 aromatic carbocycles. The van der Waals surface area contributed by atoms with Crippen LogP contribution in [0.4, 0.5) is 0 Å². The van der Waals surface area contributed by atoms with Crippen LogP contribution in [-0.2, 0) is 0 Å². The van der Waals surface area contributed by atoms with E-state index in [4.69, 9.17) is 4.74 Å². The molecule has 1 saturated heterocycles. The second-order valence-electron chi connectivity index (χ2n) is 5.41. The molecule has 1 N–H and O–H groups in total. The number of rotatable bonds is 7. The van der Waals surface area contributed by atoms with E-state index in [2.05, 4.69) is 36.2 Å². The lowest BCUT2D eigenvalue weighted by atomic mass is 10.2. The lowest BCUT2D eigenvalue weighted by Gasteiger charge is -2.17. The third-order valence-corrected chi connectivity index (χ3v) is 3.62.